The number of carboxylic acids is 1. The van der Waals surface area contributed by atoms with Crippen LogP contribution in [-0.4, -0.2) is 46.0 Å². The molecule has 0 fully saturated rings. The zero-order valence-electron chi connectivity index (χ0n) is 19.5. The first-order valence-electron chi connectivity index (χ1n) is 11.4. The predicted octanol–water partition coefficient (Wildman–Crippen LogP) is 4.68. The van der Waals surface area contributed by atoms with E-state index in [1.807, 2.05) is 30.3 Å². The highest BCUT2D eigenvalue weighted by Crippen LogP contribution is 2.41. The van der Waals surface area contributed by atoms with Crippen molar-refractivity contribution in [3.8, 4) is 5.75 Å². The number of nitrogens with one attached hydrogen (secondary N) is 2. The number of carbonyl (C=O) groups is 3. The number of hydrogen-bond acceptors (Lipinski definition) is 5. The van der Waals surface area contributed by atoms with Crippen LogP contribution in [0, 0.1) is 5.92 Å². The Labute approximate surface area is 216 Å². The normalized spacial score (nSPS) is 16.5. The number of fused-ring (bicyclic) bond motifs is 2. The Balaban J connectivity index is 1.57. The second-order valence-electron chi connectivity index (χ2n) is 8.73. The van der Waals surface area contributed by atoms with Crippen molar-refractivity contribution in [1.29, 1.82) is 0 Å². The largest absolute Gasteiger partial charge is 0.497 e. The van der Waals surface area contributed by atoms with Gasteiger partial charge in [-0.2, -0.15) is 0 Å². The second-order valence-corrected chi connectivity index (χ2v) is 10.8. The van der Waals surface area contributed by atoms with Gasteiger partial charge in [0.15, 0.2) is 5.12 Å². The molecular weight excluding hydrogens is 532 g/mol. The molecule has 0 bridgehead atoms. The molecular formula is C26H27BrN2O5S. The van der Waals surface area contributed by atoms with Crippen LogP contribution in [0.15, 0.2) is 47.1 Å². The van der Waals surface area contributed by atoms with E-state index in [9.17, 15) is 19.5 Å². The molecule has 0 aliphatic heterocycles. The number of amides is 1. The van der Waals surface area contributed by atoms with Gasteiger partial charge in [-0.25, -0.2) is 4.79 Å². The highest BCUT2D eigenvalue weighted by atomic mass is 79.9. The third-order valence-corrected chi connectivity index (χ3v) is 7.96. The Kier molecular flexibility index (Phi) is 7.86. The van der Waals surface area contributed by atoms with Gasteiger partial charge in [0.05, 0.1) is 13.0 Å². The van der Waals surface area contributed by atoms with E-state index in [4.69, 9.17) is 4.74 Å². The number of thioether (sulfide) groups is 1. The van der Waals surface area contributed by atoms with Crippen LogP contribution in [0.5, 0.6) is 5.75 Å². The Hall–Kier alpha value is -2.78. The Bertz CT molecular complexity index is 1270. The van der Waals surface area contributed by atoms with E-state index in [0.717, 1.165) is 51.1 Å². The number of benzene rings is 2. The van der Waals surface area contributed by atoms with Crippen molar-refractivity contribution in [2.75, 3.05) is 12.9 Å². The lowest BCUT2D eigenvalue weighted by atomic mass is 9.87. The van der Waals surface area contributed by atoms with E-state index in [1.165, 1.54) is 12.5 Å². The molecule has 0 saturated carbocycles. The van der Waals surface area contributed by atoms with Gasteiger partial charge in [0.1, 0.15) is 11.8 Å². The van der Waals surface area contributed by atoms with Gasteiger partial charge in [0.2, 0.25) is 5.91 Å². The van der Waals surface area contributed by atoms with Crippen molar-refractivity contribution >= 4 is 55.6 Å². The van der Waals surface area contributed by atoms with E-state index in [1.54, 1.807) is 13.3 Å². The monoisotopic (exact) mass is 558 g/mol. The Morgan fingerprint density at radius 2 is 2.06 bits per heavy atom. The van der Waals surface area contributed by atoms with Crippen molar-refractivity contribution < 1.29 is 24.2 Å². The number of aryl methyl sites for hydroxylation is 1. The number of aromatic amines is 1. The topological polar surface area (TPSA) is 108 Å². The smallest absolute Gasteiger partial charge is 0.326 e. The summed E-state index contributed by atoms with van der Waals surface area (Å²) in [5, 5.41) is 13.5. The fourth-order valence-electron chi connectivity index (χ4n) is 4.77. The standard InChI is InChI=1S/C26H27BrN2O5S/c1-14(30)35-13-22(20-6-3-15-9-17(27)4-7-19(15)20)25(31)29-24(26(32)33)10-16-12-28-23-8-5-18(34-2)11-21(16)23/h4-5,7-9,11-12,20,22,24,28H,3,6,10,13H2,1-2H3,(H,29,31)(H,32,33). The molecule has 2 aromatic carbocycles. The van der Waals surface area contributed by atoms with Crippen LogP contribution in [0.1, 0.15) is 36.0 Å². The quantitative estimate of drug-likeness (QED) is 0.352. The van der Waals surface area contributed by atoms with E-state index < -0.39 is 17.9 Å². The summed E-state index contributed by atoms with van der Waals surface area (Å²) in [6, 6.07) is 10.5. The van der Waals surface area contributed by atoms with Crippen molar-refractivity contribution in [3.05, 3.63) is 63.8 Å². The zero-order valence-corrected chi connectivity index (χ0v) is 21.9. The summed E-state index contributed by atoms with van der Waals surface area (Å²) in [6.45, 7) is 1.48. The molecule has 7 nitrogen and oxygen atoms in total. The molecule has 184 valence electrons. The number of halogens is 1. The number of ether oxygens (including phenoxy) is 1. The first-order chi connectivity index (χ1) is 16.8. The first kappa shape index (κ1) is 25.3. The van der Waals surface area contributed by atoms with Crippen molar-refractivity contribution in [2.45, 2.75) is 38.1 Å². The Morgan fingerprint density at radius 1 is 1.26 bits per heavy atom. The van der Waals surface area contributed by atoms with Gasteiger partial charge in [-0.15, -0.1) is 0 Å². The molecule has 1 aromatic heterocycles. The predicted molar refractivity (Wildman–Crippen MR) is 140 cm³/mol. The maximum absolute atomic E-state index is 13.5. The molecule has 0 radical (unpaired) electrons. The minimum atomic E-state index is -1.11. The number of aliphatic carboxylic acids is 1. The molecule has 0 spiro atoms. The van der Waals surface area contributed by atoms with Crippen molar-refractivity contribution in [3.63, 3.8) is 0 Å². The molecule has 3 unspecified atom stereocenters. The number of carboxylic acid groups (broad SMARTS) is 1. The van der Waals surface area contributed by atoms with E-state index >= 15 is 0 Å². The van der Waals surface area contributed by atoms with Gasteiger partial charge in [0, 0.05) is 40.7 Å². The number of hydrogen-bond donors (Lipinski definition) is 3. The van der Waals surface area contributed by atoms with Crippen LogP contribution in [0.4, 0.5) is 0 Å². The van der Waals surface area contributed by atoms with Crippen molar-refractivity contribution in [2.24, 2.45) is 5.92 Å². The fraction of sp³-hybridized carbons (Fsp3) is 0.346. The van der Waals surface area contributed by atoms with Crippen LogP contribution in [0.2, 0.25) is 0 Å². The summed E-state index contributed by atoms with van der Waals surface area (Å²) >= 11 is 4.60. The molecule has 4 rings (SSSR count). The minimum absolute atomic E-state index is 0.0700. The highest BCUT2D eigenvalue weighted by molar-refractivity contribution is 9.10. The SMILES string of the molecule is COc1ccc2[nH]cc(CC(NC(=O)C(CSC(C)=O)C3CCc4cc(Br)ccc43)C(=O)O)c2c1. The molecule has 1 aliphatic rings. The lowest BCUT2D eigenvalue weighted by molar-refractivity contribution is -0.142. The lowest BCUT2D eigenvalue weighted by Gasteiger charge is -2.25. The van der Waals surface area contributed by atoms with Crippen LogP contribution in [-0.2, 0) is 27.2 Å². The molecule has 3 N–H and O–H groups in total. The molecule has 1 aliphatic carbocycles. The van der Waals surface area contributed by atoms with Gasteiger partial charge < -0.3 is 20.1 Å². The number of rotatable bonds is 9. The van der Waals surface area contributed by atoms with Gasteiger partial charge in [0.25, 0.3) is 0 Å². The molecule has 1 amide bonds. The second kappa shape index (κ2) is 10.9. The highest BCUT2D eigenvalue weighted by Gasteiger charge is 2.36. The summed E-state index contributed by atoms with van der Waals surface area (Å²) in [6.07, 6.45) is 3.51. The maximum atomic E-state index is 13.5. The molecule has 3 aromatic rings. The van der Waals surface area contributed by atoms with Crippen molar-refractivity contribution in [1.82, 2.24) is 10.3 Å². The van der Waals surface area contributed by atoms with Crippen LogP contribution in [0.25, 0.3) is 10.9 Å². The summed E-state index contributed by atoms with van der Waals surface area (Å²) < 4.78 is 6.29. The number of aromatic nitrogens is 1. The molecule has 0 saturated heterocycles. The van der Waals surface area contributed by atoms with Gasteiger partial charge >= 0.3 is 5.97 Å². The fourth-order valence-corrected chi connectivity index (χ4v) is 5.98. The minimum Gasteiger partial charge on any atom is -0.497 e. The molecule has 35 heavy (non-hydrogen) atoms. The van der Waals surface area contributed by atoms with Gasteiger partial charge in [-0.3, -0.25) is 9.59 Å². The molecule has 3 atom stereocenters. The summed E-state index contributed by atoms with van der Waals surface area (Å²) in [5.41, 5.74) is 3.91. The third kappa shape index (κ3) is 5.73. The van der Waals surface area contributed by atoms with E-state index in [2.05, 4.69) is 32.3 Å². The third-order valence-electron chi connectivity index (χ3n) is 6.53. The summed E-state index contributed by atoms with van der Waals surface area (Å²) in [7, 11) is 1.58. The first-order valence-corrected chi connectivity index (χ1v) is 13.1. The summed E-state index contributed by atoms with van der Waals surface area (Å²) in [4.78, 5) is 40.5. The average molecular weight is 559 g/mol. The van der Waals surface area contributed by atoms with Crippen LogP contribution in [0.3, 0.4) is 0 Å². The number of H-pyrrole nitrogens is 1. The molecule has 1 heterocycles. The summed E-state index contributed by atoms with van der Waals surface area (Å²) in [5.74, 6) is -1.07. The zero-order chi connectivity index (χ0) is 25.1. The van der Waals surface area contributed by atoms with Crippen LogP contribution < -0.4 is 10.1 Å². The average Bonchev–Trinajstić information content (AvgIpc) is 3.42. The van der Waals surface area contributed by atoms with Gasteiger partial charge in [-0.1, -0.05) is 33.8 Å². The van der Waals surface area contributed by atoms with E-state index in [0.29, 0.717) is 11.5 Å². The number of methoxy groups -OCH3 is 1. The van der Waals surface area contributed by atoms with E-state index in [-0.39, 0.29) is 23.4 Å². The van der Waals surface area contributed by atoms with Crippen LogP contribution >= 0.6 is 27.7 Å². The number of carbonyl (C=O) groups excluding carboxylic acids is 2. The Morgan fingerprint density at radius 3 is 2.77 bits per heavy atom. The maximum Gasteiger partial charge on any atom is 0.326 e. The molecule has 9 heteroatoms. The van der Waals surface area contributed by atoms with Gasteiger partial charge in [-0.05, 0) is 65.8 Å². The lowest BCUT2D eigenvalue weighted by Crippen LogP contribution is -2.46.